The second kappa shape index (κ2) is 2.93. The molecule has 1 aromatic rings. The summed E-state index contributed by atoms with van der Waals surface area (Å²) in [5.41, 5.74) is 1.24. The number of thiophene rings is 1. The largest absolute Gasteiger partial charge is 0.380 e. The molecule has 0 fully saturated rings. The van der Waals surface area contributed by atoms with E-state index in [1.54, 1.807) is 11.3 Å². The van der Waals surface area contributed by atoms with E-state index < -0.39 is 0 Å². The first-order valence-electron chi connectivity index (χ1n) is 3.61. The Labute approximate surface area is 70.1 Å². The van der Waals surface area contributed by atoms with Gasteiger partial charge in [-0.2, -0.15) is 0 Å². The minimum Gasteiger partial charge on any atom is -0.380 e. The molecule has 0 amide bonds. The summed E-state index contributed by atoms with van der Waals surface area (Å²) in [6, 6.07) is 4.20. The number of nitrogens with one attached hydrogen (secondary N) is 1. The van der Waals surface area contributed by atoms with Gasteiger partial charge in [-0.15, -0.1) is 11.3 Å². The highest BCUT2D eigenvalue weighted by atomic mass is 32.1. The summed E-state index contributed by atoms with van der Waals surface area (Å²) in [7, 11) is 0. The average Bonchev–Trinajstić information content (AvgIpc) is 2.58. The normalized spacial score (nSPS) is 15.8. The van der Waals surface area contributed by atoms with Crippen molar-refractivity contribution in [1.82, 2.24) is 5.32 Å². The summed E-state index contributed by atoms with van der Waals surface area (Å²) in [5.74, 6) is 0. The zero-order chi connectivity index (χ0) is 7.52. The molecule has 0 aromatic carbocycles. The number of hydrogen-bond donors (Lipinski definition) is 1. The molecule has 1 aromatic heterocycles. The van der Waals surface area contributed by atoms with Crippen molar-refractivity contribution >= 4 is 17.0 Å². The monoisotopic (exact) mass is 163 g/mol. The van der Waals surface area contributed by atoms with E-state index >= 15 is 0 Å². The SMILES string of the molecule is C1=CCNC(c2cccs2)=C1. The fraction of sp³-hybridized carbons (Fsp3) is 0.111. The molecule has 1 aliphatic rings. The lowest BCUT2D eigenvalue weighted by Crippen LogP contribution is -2.13. The average molecular weight is 163 g/mol. The van der Waals surface area contributed by atoms with Crippen LogP contribution in [0.15, 0.2) is 35.7 Å². The van der Waals surface area contributed by atoms with Gasteiger partial charge in [0, 0.05) is 6.54 Å². The van der Waals surface area contributed by atoms with Gasteiger partial charge in [0.15, 0.2) is 0 Å². The number of rotatable bonds is 1. The molecule has 56 valence electrons. The Bertz CT molecular complexity index is 283. The van der Waals surface area contributed by atoms with Gasteiger partial charge < -0.3 is 5.32 Å². The standard InChI is InChI=1S/C9H9NS/c1-2-6-10-8(4-1)9-5-3-7-11-9/h1-5,7,10H,6H2. The third kappa shape index (κ3) is 1.35. The molecule has 0 bridgehead atoms. The summed E-state index contributed by atoms with van der Waals surface area (Å²) in [6.45, 7) is 0.948. The molecule has 0 radical (unpaired) electrons. The Kier molecular flexibility index (Phi) is 1.78. The van der Waals surface area contributed by atoms with Gasteiger partial charge in [0.1, 0.15) is 0 Å². The molecule has 0 unspecified atom stereocenters. The Morgan fingerprint density at radius 2 is 2.45 bits per heavy atom. The van der Waals surface area contributed by atoms with Gasteiger partial charge >= 0.3 is 0 Å². The van der Waals surface area contributed by atoms with Crippen LogP contribution in [0.4, 0.5) is 0 Å². The number of allylic oxidation sites excluding steroid dienone is 2. The molecule has 2 heterocycles. The molecule has 0 atom stereocenters. The second-order valence-corrected chi connectivity index (χ2v) is 3.31. The maximum atomic E-state index is 3.31. The molecule has 1 N–H and O–H groups in total. The highest BCUT2D eigenvalue weighted by molar-refractivity contribution is 7.11. The van der Waals surface area contributed by atoms with Gasteiger partial charge in [-0.25, -0.2) is 0 Å². The predicted octanol–water partition coefficient (Wildman–Crippen LogP) is 2.25. The van der Waals surface area contributed by atoms with Crippen molar-refractivity contribution < 1.29 is 0 Å². The Hall–Kier alpha value is -1.02. The zero-order valence-electron chi connectivity index (χ0n) is 6.08. The molecule has 2 rings (SSSR count). The highest BCUT2D eigenvalue weighted by Crippen LogP contribution is 2.18. The topological polar surface area (TPSA) is 12.0 Å². The predicted molar refractivity (Wildman–Crippen MR) is 49.4 cm³/mol. The lowest BCUT2D eigenvalue weighted by atomic mass is 10.2. The van der Waals surface area contributed by atoms with E-state index in [0.29, 0.717) is 0 Å². The van der Waals surface area contributed by atoms with Crippen molar-refractivity contribution in [2.24, 2.45) is 0 Å². The van der Waals surface area contributed by atoms with Crippen LogP contribution < -0.4 is 5.32 Å². The molecule has 0 spiro atoms. The van der Waals surface area contributed by atoms with E-state index in [1.807, 2.05) is 0 Å². The lowest BCUT2D eigenvalue weighted by molar-refractivity contribution is 1.00. The van der Waals surface area contributed by atoms with Gasteiger partial charge in [-0.3, -0.25) is 0 Å². The summed E-state index contributed by atoms with van der Waals surface area (Å²) in [5, 5.41) is 5.40. The van der Waals surface area contributed by atoms with E-state index in [1.165, 1.54) is 10.6 Å². The Morgan fingerprint density at radius 1 is 1.45 bits per heavy atom. The molecular weight excluding hydrogens is 154 g/mol. The molecule has 2 heteroatoms. The van der Waals surface area contributed by atoms with Crippen molar-refractivity contribution in [3.8, 4) is 0 Å². The van der Waals surface area contributed by atoms with E-state index in [2.05, 4.69) is 41.1 Å². The first kappa shape index (κ1) is 6.68. The first-order chi connectivity index (χ1) is 5.47. The van der Waals surface area contributed by atoms with Gasteiger partial charge in [0.2, 0.25) is 0 Å². The van der Waals surface area contributed by atoms with Crippen LogP contribution in [0, 0.1) is 0 Å². The smallest absolute Gasteiger partial charge is 0.0517 e. The molecule has 0 saturated carbocycles. The summed E-state index contributed by atoms with van der Waals surface area (Å²) >= 11 is 1.76. The van der Waals surface area contributed by atoms with E-state index in [-0.39, 0.29) is 0 Å². The molecular formula is C9H9NS. The maximum Gasteiger partial charge on any atom is 0.0517 e. The lowest BCUT2D eigenvalue weighted by Gasteiger charge is -2.09. The third-order valence-electron chi connectivity index (χ3n) is 1.60. The third-order valence-corrected chi connectivity index (χ3v) is 2.50. The van der Waals surface area contributed by atoms with Crippen LogP contribution in [0.25, 0.3) is 5.70 Å². The second-order valence-electron chi connectivity index (χ2n) is 2.37. The quantitative estimate of drug-likeness (QED) is 0.669. The fourth-order valence-electron chi connectivity index (χ4n) is 1.06. The molecule has 11 heavy (non-hydrogen) atoms. The number of hydrogen-bond acceptors (Lipinski definition) is 2. The van der Waals surface area contributed by atoms with Crippen molar-refractivity contribution in [3.63, 3.8) is 0 Å². The molecule has 1 nitrogen and oxygen atoms in total. The van der Waals surface area contributed by atoms with E-state index in [9.17, 15) is 0 Å². The maximum absolute atomic E-state index is 3.31. The Balaban J connectivity index is 2.29. The van der Waals surface area contributed by atoms with Crippen molar-refractivity contribution in [3.05, 3.63) is 40.6 Å². The van der Waals surface area contributed by atoms with Gasteiger partial charge in [-0.1, -0.05) is 18.2 Å². The highest BCUT2D eigenvalue weighted by Gasteiger charge is 2.01. The van der Waals surface area contributed by atoms with E-state index in [4.69, 9.17) is 0 Å². The molecule has 0 saturated heterocycles. The van der Waals surface area contributed by atoms with Crippen LogP contribution in [0.2, 0.25) is 0 Å². The number of dihydropyridines is 1. The summed E-state index contributed by atoms with van der Waals surface area (Å²) < 4.78 is 0. The van der Waals surface area contributed by atoms with Gasteiger partial charge in [-0.05, 0) is 17.5 Å². The van der Waals surface area contributed by atoms with Crippen molar-refractivity contribution in [1.29, 1.82) is 0 Å². The van der Waals surface area contributed by atoms with Crippen molar-refractivity contribution in [2.45, 2.75) is 0 Å². The van der Waals surface area contributed by atoms with Crippen LogP contribution in [0.1, 0.15) is 4.88 Å². The molecule has 0 aliphatic carbocycles. The van der Waals surface area contributed by atoms with Gasteiger partial charge in [0.05, 0.1) is 10.6 Å². The minimum absolute atomic E-state index is 0.948. The zero-order valence-corrected chi connectivity index (χ0v) is 6.90. The minimum atomic E-state index is 0.948. The Morgan fingerprint density at radius 3 is 3.09 bits per heavy atom. The summed E-state index contributed by atoms with van der Waals surface area (Å²) in [6.07, 6.45) is 6.30. The van der Waals surface area contributed by atoms with Crippen LogP contribution in [-0.2, 0) is 0 Å². The van der Waals surface area contributed by atoms with Crippen molar-refractivity contribution in [2.75, 3.05) is 6.54 Å². The molecule has 1 aliphatic heterocycles. The summed E-state index contributed by atoms with van der Waals surface area (Å²) in [4.78, 5) is 1.31. The van der Waals surface area contributed by atoms with Crippen LogP contribution >= 0.6 is 11.3 Å². The van der Waals surface area contributed by atoms with Crippen LogP contribution in [0.5, 0.6) is 0 Å². The van der Waals surface area contributed by atoms with Gasteiger partial charge in [0.25, 0.3) is 0 Å². The fourth-order valence-corrected chi connectivity index (χ4v) is 1.79. The van der Waals surface area contributed by atoms with Crippen LogP contribution in [0.3, 0.4) is 0 Å². The van der Waals surface area contributed by atoms with E-state index in [0.717, 1.165) is 6.54 Å². The first-order valence-corrected chi connectivity index (χ1v) is 4.49. The van der Waals surface area contributed by atoms with Crippen LogP contribution in [-0.4, -0.2) is 6.54 Å².